The third-order valence-corrected chi connectivity index (χ3v) is 4.02. The predicted molar refractivity (Wildman–Crippen MR) is 74.8 cm³/mol. The second-order valence-electron chi connectivity index (χ2n) is 5.47. The SMILES string of the molecule is CC1(C)CCCNC1CNC(=O)CS(C)(=O)=O.Cl. The van der Waals surface area contributed by atoms with Crippen LogP contribution in [0.25, 0.3) is 0 Å². The molecule has 0 saturated carbocycles. The van der Waals surface area contributed by atoms with Crippen LogP contribution in [0, 0.1) is 5.41 Å². The zero-order valence-electron chi connectivity index (χ0n) is 11.2. The first-order valence-corrected chi connectivity index (χ1v) is 7.94. The summed E-state index contributed by atoms with van der Waals surface area (Å²) in [6, 6.07) is 0.208. The molecule has 0 aliphatic carbocycles. The molecule has 108 valence electrons. The lowest BCUT2D eigenvalue weighted by molar-refractivity contribution is -0.118. The van der Waals surface area contributed by atoms with Crippen molar-refractivity contribution in [1.82, 2.24) is 10.6 Å². The van der Waals surface area contributed by atoms with Crippen LogP contribution < -0.4 is 10.6 Å². The zero-order chi connectivity index (χ0) is 13.1. The summed E-state index contributed by atoms with van der Waals surface area (Å²) in [5, 5.41) is 6.05. The third kappa shape index (κ3) is 6.02. The molecule has 0 radical (unpaired) electrons. The van der Waals surface area contributed by atoms with Gasteiger partial charge in [0.25, 0.3) is 0 Å². The van der Waals surface area contributed by atoms with Gasteiger partial charge in [0.1, 0.15) is 5.75 Å². The molecular formula is C11H23ClN2O3S. The molecule has 0 aromatic heterocycles. The van der Waals surface area contributed by atoms with Crippen molar-refractivity contribution in [1.29, 1.82) is 0 Å². The van der Waals surface area contributed by atoms with E-state index in [4.69, 9.17) is 0 Å². The van der Waals surface area contributed by atoms with E-state index in [1.54, 1.807) is 0 Å². The molecule has 1 amide bonds. The van der Waals surface area contributed by atoms with Gasteiger partial charge in [-0.25, -0.2) is 8.42 Å². The van der Waals surface area contributed by atoms with Gasteiger partial charge >= 0.3 is 0 Å². The Morgan fingerprint density at radius 3 is 2.56 bits per heavy atom. The number of rotatable bonds is 4. The second kappa shape index (κ2) is 6.73. The van der Waals surface area contributed by atoms with E-state index in [2.05, 4.69) is 24.5 Å². The van der Waals surface area contributed by atoms with Gasteiger partial charge in [-0.1, -0.05) is 13.8 Å². The van der Waals surface area contributed by atoms with E-state index in [0.29, 0.717) is 6.54 Å². The molecule has 5 nitrogen and oxygen atoms in total. The van der Waals surface area contributed by atoms with E-state index in [-0.39, 0.29) is 23.9 Å². The van der Waals surface area contributed by atoms with Crippen molar-refractivity contribution in [3.05, 3.63) is 0 Å². The summed E-state index contributed by atoms with van der Waals surface area (Å²) in [4.78, 5) is 11.4. The maximum absolute atomic E-state index is 11.4. The molecule has 1 rings (SSSR count). The number of halogens is 1. The summed E-state index contributed by atoms with van der Waals surface area (Å²) >= 11 is 0. The molecular weight excluding hydrogens is 276 g/mol. The van der Waals surface area contributed by atoms with Gasteiger partial charge in [0.2, 0.25) is 5.91 Å². The standard InChI is InChI=1S/C11H22N2O3S.ClH/c1-11(2)5-4-6-12-9(11)7-13-10(14)8-17(3,15)16;/h9,12H,4-8H2,1-3H3,(H,13,14);1H. The quantitative estimate of drug-likeness (QED) is 0.785. The van der Waals surface area contributed by atoms with Crippen LogP contribution in [0.5, 0.6) is 0 Å². The number of hydrogen-bond acceptors (Lipinski definition) is 4. The molecule has 7 heteroatoms. The van der Waals surface area contributed by atoms with Gasteiger partial charge in [0, 0.05) is 18.8 Å². The summed E-state index contributed by atoms with van der Waals surface area (Å²) in [5.41, 5.74) is 0.136. The molecule has 1 fully saturated rings. The fourth-order valence-corrected chi connectivity index (χ4v) is 2.70. The number of nitrogens with one attached hydrogen (secondary N) is 2. The highest BCUT2D eigenvalue weighted by atomic mass is 35.5. The largest absolute Gasteiger partial charge is 0.354 e. The minimum absolute atomic E-state index is 0. The van der Waals surface area contributed by atoms with Crippen LogP contribution in [-0.4, -0.2) is 45.5 Å². The summed E-state index contributed by atoms with van der Waals surface area (Å²) in [7, 11) is -3.24. The minimum Gasteiger partial charge on any atom is -0.354 e. The van der Waals surface area contributed by atoms with Gasteiger partial charge in [-0.2, -0.15) is 0 Å². The van der Waals surface area contributed by atoms with Crippen molar-refractivity contribution in [2.75, 3.05) is 25.1 Å². The van der Waals surface area contributed by atoms with Gasteiger partial charge < -0.3 is 10.6 Å². The summed E-state index contributed by atoms with van der Waals surface area (Å²) in [6.07, 6.45) is 3.32. The van der Waals surface area contributed by atoms with E-state index in [1.165, 1.54) is 0 Å². The monoisotopic (exact) mass is 298 g/mol. The lowest BCUT2D eigenvalue weighted by Crippen LogP contribution is -2.53. The fourth-order valence-electron chi connectivity index (χ4n) is 2.12. The lowest BCUT2D eigenvalue weighted by atomic mass is 9.77. The highest BCUT2D eigenvalue weighted by molar-refractivity contribution is 7.91. The highest BCUT2D eigenvalue weighted by Gasteiger charge is 2.32. The molecule has 0 aromatic rings. The Balaban J connectivity index is 0.00000289. The molecule has 1 unspecified atom stereocenters. The van der Waals surface area contributed by atoms with E-state index in [1.807, 2.05) is 0 Å². The fraction of sp³-hybridized carbons (Fsp3) is 0.909. The summed E-state index contributed by atoms with van der Waals surface area (Å²) < 4.78 is 21.9. The Hall–Kier alpha value is -0.330. The van der Waals surface area contributed by atoms with Crippen molar-refractivity contribution in [3.63, 3.8) is 0 Å². The van der Waals surface area contributed by atoms with Crippen molar-refractivity contribution >= 4 is 28.2 Å². The molecule has 1 atom stereocenters. The smallest absolute Gasteiger partial charge is 0.235 e. The summed E-state index contributed by atoms with van der Waals surface area (Å²) in [6.45, 7) is 5.76. The Bertz CT molecular complexity index is 382. The molecule has 1 aliphatic rings. The van der Waals surface area contributed by atoms with E-state index < -0.39 is 21.5 Å². The Labute approximate surface area is 115 Å². The van der Waals surface area contributed by atoms with E-state index >= 15 is 0 Å². The van der Waals surface area contributed by atoms with Gasteiger partial charge in [0.15, 0.2) is 9.84 Å². The molecule has 1 aliphatic heterocycles. The lowest BCUT2D eigenvalue weighted by Gasteiger charge is -2.39. The maximum Gasteiger partial charge on any atom is 0.235 e. The minimum atomic E-state index is -3.24. The molecule has 1 heterocycles. The van der Waals surface area contributed by atoms with Crippen LogP contribution in [-0.2, 0) is 14.6 Å². The number of amides is 1. The van der Waals surface area contributed by atoms with Gasteiger partial charge in [-0.3, -0.25) is 4.79 Å². The van der Waals surface area contributed by atoms with Crippen molar-refractivity contribution in [2.24, 2.45) is 5.41 Å². The number of carbonyl (C=O) groups is 1. The Kier molecular flexibility index (Phi) is 6.60. The third-order valence-electron chi connectivity index (χ3n) is 3.23. The number of hydrogen-bond donors (Lipinski definition) is 2. The van der Waals surface area contributed by atoms with E-state index in [9.17, 15) is 13.2 Å². The van der Waals surface area contributed by atoms with Crippen LogP contribution in [0.4, 0.5) is 0 Å². The van der Waals surface area contributed by atoms with Crippen molar-refractivity contribution in [2.45, 2.75) is 32.7 Å². The highest BCUT2D eigenvalue weighted by Crippen LogP contribution is 2.29. The molecule has 0 spiro atoms. The average molecular weight is 299 g/mol. The summed E-state index contributed by atoms with van der Waals surface area (Å²) in [5.74, 6) is -0.851. The van der Waals surface area contributed by atoms with Gasteiger partial charge in [-0.05, 0) is 24.8 Å². The number of sulfone groups is 1. The number of piperidine rings is 1. The van der Waals surface area contributed by atoms with Crippen LogP contribution in [0.1, 0.15) is 26.7 Å². The van der Waals surface area contributed by atoms with Crippen LogP contribution in [0.3, 0.4) is 0 Å². The topological polar surface area (TPSA) is 75.3 Å². The van der Waals surface area contributed by atoms with Gasteiger partial charge in [0.05, 0.1) is 0 Å². The van der Waals surface area contributed by atoms with Gasteiger partial charge in [-0.15, -0.1) is 12.4 Å². The Morgan fingerprint density at radius 2 is 2.06 bits per heavy atom. The molecule has 0 aromatic carbocycles. The second-order valence-corrected chi connectivity index (χ2v) is 7.61. The molecule has 2 N–H and O–H groups in total. The van der Waals surface area contributed by atoms with Crippen LogP contribution in [0.15, 0.2) is 0 Å². The maximum atomic E-state index is 11.4. The predicted octanol–water partition coefficient (Wildman–Crippen LogP) is 0.347. The van der Waals surface area contributed by atoms with Crippen molar-refractivity contribution < 1.29 is 13.2 Å². The Morgan fingerprint density at radius 1 is 1.44 bits per heavy atom. The first-order valence-electron chi connectivity index (χ1n) is 5.88. The number of carbonyl (C=O) groups excluding carboxylic acids is 1. The first-order chi connectivity index (χ1) is 7.71. The average Bonchev–Trinajstić information content (AvgIpc) is 2.12. The van der Waals surface area contributed by atoms with E-state index in [0.717, 1.165) is 25.6 Å². The molecule has 1 saturated heterocycles. The van der Waals surface area contributed by atoms with Crippen molar-refractivity contribution in [3.8, 4) is 0 Å². The first kappa shape index (κ1) is 17.7. The van der Waals surface area contributed by atoms with Crippen LogP contribution in [0.2, 0.25) is 0 Å². The normalized spacial score (nSPS) is 22.9. The zero-order valence-corrected chi connectivity index (χ0v) is 12.8. The van der Waals surface area contributed by atoms with Crippen LogP contribution >= 0.6 is 12.4 Å². The molecule has 18 heavy (non-hydrogen) atoms. The molecule has 0 bridgehead atoms.